The molecule has 0 atom stereocenters. The lowest BCUT2D eigenvalue weighted by Gasteiger charge is -2.14. The number of aromatic nitrogens is 4. The van der Waals surface area contributed by atoms with Gasteiger partial charge in [-0.05, 0) is 30.3 Å². The molecule has 4 aromatic rings. The predicted molar refractivity (Wildman–Crippen MR) is 112 cm³/mol. The Morgan fingerprint density at radius 2 is 1.97 bits per heavy atom. The quantitative estimate of drug-likeness (QED) is 0.507. The number of thiol groups is 1. The van der Waals surface area contributed by atoms with E-state index in [1.807, 2.05) is 24.3 Å². The molecule has 2 heterocycles. The summed E-state index contributed by atoms with van der Waals surface area (Å²) < 4.78 is 8.78. The second-order valence-electron chi connectivity index (χ2n) is 6.62. The number of aromatic hydroxyl groups is 1. The number of carbonyl (C=O) groups excluding carboxylic acids is 1. The van der Waals surface area contributed by atoms with Crippen LogP contribution in [0.1, 0.15) is 0 Å². The highest BCUT2D eigenvalue weighted by atomic mass is 32.1. The summed E-state index contributed by atoms with van der Waals surface area (Å²) >= 11 is 4.49. The summed E-state index contributed by atoms with van der Waals surface area (Å²) in [5, 5.41) is 19.4. The molecule has 4 rings (SSSR count). The van der Waals surface area contributed by atoms with Crippen molar-refractivity contribution in [1.29, 1.82) is 0 Å². The lowest BCUT2D eigenvalue weighted by molar-refractivity contribution is 0.220. The summed E-state index contributed by atoms with van der Waals surface area (Å²) in [5.41, 5.74) is 2.18. The molecule has 0 saturated carbocycles. The maximum atomic E-state index is 12.5. The highest BCUT2D eigenvalue weighted by molar-refractivity contribution is 7.80. The molecule has 0 aliphatic rings. The minimum atomic E-state index is -0.146. The first-order chi connectivity index (χ1) is 13.9. The van der Waals surface area contributed by atoms with Crippen molar-refractivity contribution < 1.29 is 14.6 Å². The number of phenolic OH excluding ortho intramolecular Hbond substituents is 1. The van der Waals surface area contributed by atoms with E-state index in [1.54, 1.807) is 41.6 Å². The lowest BCUT2D eigenvalue weighted by Crippen LogP contribution is -2.26. The third kappa shape index (κ3) is 3.09. The smallest absolute Gasteiger partial charge is 0.328 e. The molecule has 0 unspecified atom stereocenters. The number of hydrogen-bond donors (Lipinski definition) is 2. The SMILES string of the molecule is COc1cc(O)ccc1-c1nnc(S)n1-c1cccc2c1ccn2C(=O)N(C)C. The monoisotopic (exact) mass is 409 g/mol. The molecule has 0 radical (unpaired) electrons. The van der Waals surface area contributed by atoms with Crippen LogP contribution in [0, 0.1) is 0 Å². The Morgan fingerprint density at radius 3 is 2.69 bits per heavy atom. The largest absolute Gasteiger partial charge is 0.508 e. The van der Waals surface area contributed by atoms with Gasteiger partial charge in [-0.2, -0.15) is 0 Å². The third-order valence-corrected chi connectivity index (χ3v) is 4.90. The van der Waals surface area contributed by atoms with Gasteiger partial charge in [0.15, 0.2) is 11.0 Å². The maximum absolute atomic E-state index is 12.5. The number of carbonyl (C=O) groups is 1. The van der Waals surface area contributed by atoms with Gasteiger partial charge in [0.25, 0.3) is 0 Å². The molecule has 2 aromatic carbocycles. The Labute approximate surface area is 172 Å². The molecule has 2 aromatic heterocycles. The molecule has 0 spiro atoms. The van der Waals surface area contributed by atoms with Crippen molar-refractivity contribution in [3.05, 3.63) is 48.7 Å². The normalized spacial score (nSPS) is 11.0. The third-order valence-electron chi connectivity index (χ3n) is 4.61. The van der Waals surface area contributed by atoms with Crippen molar-refractivity contribution in [2.24, 2.45) is 0 Å². The molecule has 0 saturated heterocycles. The molecule has 0 aliphatic carbocycles. The second-order valence-corrected chi connectivity index (χ2v) is 7.02. The Hall–Kier alpha value is -3.46. The first-order valence-corrected chi connectivity index (χ1v) is 9.21. The van der Waals surface area contributed by atoms with E-state index in [0.29, 0.717) is 22.3 Å². The Balaban J connectivity index is 1.95. The van der Waals surface area contributed by atoms with Gasteiger partial charge in [-0.3, -0.25) is 9.13 Å². The number of fused-ring (bicyclic) bond motifs is 1. The van der Waals surface area contributed by atoms with Crippen LogP contribution >= 0.6 is 12.6 Å². The van der Waals surface area contributed by atoms with Crippen molar-refractivity contribution in [1.82, 2.24) is 24.2 Å². The maximum Gasteiger partial charge on any atom is 0.328 e. The van der Waals surface area contributed by atoms with Crippen molar-refractivity contribution in [3.8, 4) is 28.6 Å². The first kappa shape index (κ1) is 18.9. The van der Waals surface area contributed by atoms with E-state index < -0.39 is 0 Å². The summed E-state index contributed by atoms with van der Waals surface area (Å²) in [6.07, 6.45) is 1.74. The van der Waals surface area contributed by atoms with Crippen molar-refractivity contribution in [2.75, 3.05) is 21.2 Å². The van der Waals surface area contributed by atoms with Crippen LogP contribution in [-0.2, 0) is 0 Å². The van der Waals surface area contributed by atoms with Gasteiger partial charge in [-0.15, -0.1) is 22.8 Å². The van der Waals surface area contributed by atoms with Crippen molar-refractivity contribution in [2.45, 2.75) is 5.16 Å². The lowest BCUT2D eigenvalue weighted by atomic mass is 10.1. The molecule has 8 nitrogen and oxygen atoms in total. The fourth-order valence-electron chi connectivity index (χ4n) is 3.27. The molecule has 1 amide bonds. The van der Waals surface area contributed by atoms with Crippen molar-refractivity contribution in [3.63, 3.8) is 0 Å². The van der Waals surface area contributed by atoms with Crippen LogP contribution in [0.15, 0.2) is 53.8 Å². The summed E-state index contributed by atoms with van der Waals surface area (Å²) in [4.78, 5) is 14.0. The number of phenols is 1. The van der Waals surface area contributed by atoms with Gasteiger partial charge in [-0.25, -0.2) is 4.79 Å². The van der Waals surface area contributed by atoms with Gasteiger partial charge >= 0.3 is 6.03 Å². The number of benzene rings is 2. The first-order valence-electron chi connectivity index (χ1n) is 8.76. The molecule has 0 bridgehead atoms. The van der Waals surface area contributed by atoms with E-state index in [4.69, 9.17) is 4.74 Å². The topological polar surface area (TPSA) is 85.4 Å². The van der Waals surface area contributed by atoms with Gasteiger partial charge in [0.2, 0.25) is 0 Å². The molecular weight excluding hydrogens is 390 g/mol. The number of methoxy groups -OCH3 is 1. The molecule has 1 N–H and O–H groups in total. The van der Waals surface area contributed by atoms with Gasteiger partial charge < -0.3 is 14.7 Å². The van der Waals surface area contributed by atoms with Crippen LogP contribution < -0.4 is 4.74 Å². The minimum Gasteiger partial charge on any atom is -0.508 e. The van der Waals surface area contributed by atoms with Crippen LogP contribution in [0.3, 0.4) is 0 Å². The standard InChI is InChI=1S/C20H19N5O3S/c1-23(2)20(27)24-10-9-13-15(24)5-4-6-16(13)25-18(21-22-19(25)29)14-8-7-12(26)11-17(14)28-3/h4-11,26H,1-3H3,(H,22,29). The number of rotatable bonds is 3. The van der Waals surface area contributed by atoms with Gasteiger partial charge in [-0.1, -0.05) is 6.07 Å². The van der Waals surface area contributed by atoms with Crippen molar-refractivity contribution >= 4 is 29.6 Å². The number of amides is 1. The fraction of sp³-hybridized carbons (Fsp3) is 0.150. The summed E-state index contributed by atoms with van der Waals surface area (Å²) in [6.45, 7) is 0. The zero-order valence-electron chi connectivity index (χ0n) is 16.1. The molecule has 29 heavy (non-hydrogen) atoms. The predicted octanol–water partition coefficient (Wildman–Crippen LogP) is 3.42. The van der Waals surface area contributed by atoms with Crippen LogP contribution in [0.5, 0.6) is 11.5 Å². The summed E-state index contributed by atoms with van der Waals surface area (Å²) in [7, 11) is 4.94. The highest BCUT2D eigenvalue weighted by Gasteiger charge is 2.20. The zero-order chi connectivity index (χ0) is 20.7. The van der Waals surface area contributed by atoms with Gasteiger partial charge in [0.05, 0.1) is 23.9 Å². The molecular formula is C20H19N5O3S. The van der Waals surface area contributed by atoms with E-state index >= 15 is 0 Å². The fourth-order valence-corrected chi connectivity index (χ4v) is 3.51. The van der Waals surface area contributed by atoms with E-state index in [2.05, 4.69) is 22.8 Å². The Kier molecular flexibility index (Phi) is 4.67. The average molecular weight is 409 g/mol. The second kappa shape index (κ2) is 7.17. The number of hydrogen-bond acceptors (Lipinski definition) is 6. The average Bonchev–Trinajstić information content (AvgIpc) is 3.30. The molecule has 148 valence electrons. The summed E-state index contributed by atoms with van der Waals surface area (Å²) in [5.74, 6) is 1.05. The minimum absolute atomic E-state index is 0.0872. The number of nitrogens with zero attached hydrogens (tertiary/aromatic N) is 5. The van der Waals surface area contributed by atoms with Gasteiger partial charge in [0.1, 0.15) is 11.5 Å². The van der Waals surface area contributed by atoms with Crippen LogP contribution in [0.2, 0.25) is 0 Å². The van der Waals surface area contributed by atoms with E-state index in [-0.39, 0.29) is 11.8 Å². The van der Waals surface area contributed by atoms with E-state index in [0.717, 1.165) is 16.6 Å². The molecule has 0 fully saturated rings. The van der Waals surface area contributed by atoms with E-state index in [9.17, 15) is 9.90 Å². The van der Waals surface area contributed by atoms with Crippen LogP contribution in [0.4, 0.5) is 4.79 Å². The number of ether oxygens (including phenoxy) is 1. The Morgan fingerprint density at radius 1 is 1.17 bits per heavy atom. The van der Waals surface area contributed by atoms with Crippen LogP contribution in [0.25, 0.3) is 28.0 Å². The Bertz CT molecular complexity index is 1230. The molecule has 9 heteroatoms. The van der Waals surface area contributed by atoms with Crippen LogP contribution in [-0.4, -0.2) is 56.6 Å². The van der Waals surface area contributed by atoms with E-state index in [1.165, 1.54) is 18.1 Å². The highest BCUT2D eigenvalue weighted by Crippen LogP contribution is 2.35. The van der Waals surface area contributed by atoms with Gasteiger partial charge in [0, 0.05) is 31.7 Å². The molecule has 0 aliphatic heterocycles. The summed E-state index contributed by atoms with van der Waals surface area (Å²) in [6, 6.07) is 12.2. The zero-order valence-corrected chi connectivity index (χ0v) is 17.0.